The first kappa shape index (κ1) is 19.3. The van der Waals surface area contributed by atoms with Crippen molar-refractivity contribution in [3.8, 4) is 5.75 Å². The van der Waals surface area contributed by atoms with Crippen LogP contribution in [0.15, 0.2) is 59.6 Å². The lowest BCUT2D eigenvalue weighted by atomic mass is 10.2. The number of hydrogen-bond acceptors (Lipinski definition) is 2. The maximum atomic E-state index is 5.95. The highest BCUT2D eigenvalue weighted by Crippen LogP contribution is 2.15. The highest BCUT2D eigenvalue weighted by atomic mass is 127. The second kappa shape index (κ2) is 10.1. The molecule has 1 unspecified atom stereocenters. The Morgan fingerprint density at radius 3 is 2.57 bits per heavy atom. The van der Waals surface area contributed by atoms with Crippen LogP contribution >= 0.6 is 24.0 Å². The van der Waals surface area contributed by atoms with E-state index in [0.29, 0.717) is 12.5 Å². The first-order valence-electron chi connectivity index (χ1n) is 7.52. The molecule has 1 atom stereocenters. The first-order valence-corrected chi connectivity index (χ1v) is 7.52. The molecule has 0 saturated heterocycles. The van der Waals surface area contributed by atoms with Crippen LogP contribution in [0, 0.1) is 6.92 Å². The third-order valence-corrected chi connectivity index (χ3v) is 3.26. The first-order chi connectivity index (χ1) is 10.7. The molecule has 4 nitrogen and oxygen atoms in total. The number of nitrogens with zero attached hydrogens (tertiary/aromatic N) is 1. The summed E-state index contributed by atoms with van der Waals surface area (Å²) in [6, 6.07) is 17.8. The lowest BCUT2D eigenvalue weighted by Crippen LogP contribution is -2.26. The summed E-state index contributed by atoms with van der Waals surface area (Å²) in [6.45, 7) is 4.65. The minimum absolute atomic E-state index is 0. The van der Waals surface area contributed by atoms with E-state index < -0.39 is 0 Å². The monoisotopic (exact) mass is 425 g/mol. The van der Waals surface area contributed by atoms with E-state index in [2.05, 4.69) is 17.2 Å². The van der Waals surface area contributed by atoms with Gasteiger partial charge in [0.2, 0.25) is 0 Å². The van der Waals surface area contributed by atoms with Crippen LogP contribution in [-0.2, 0) is 0 Å². The average molecular weight is 425 g/mol. The van der Waals surface area contributed by atoms with E-state index in [1.54, 1.807) is 0 Å². The Kier molecular flexibility index (Phi) is 8.47. The minimum Gasteiger partial charge on any atom is -0.489 e. The van der Waals surface area contributed by atoms with Gasteiger partial charge in [-0.05, 0) is 43.2 Å². The Morgan fingerprint density at radius 1 is 1.17 bits per heavy atom. The van der Waals surface area contributed by atoms with E-state index >= 15 is 0 Å². The van der Waals surface area contributed by atoms with Crippen molar-refractivity contribution in [1.82, 2.24) is 0 Å². The Labute approximate surface area is 155 Å². The SMILES string of the molecule is CCC(CN=C(N)Nc1ccccc1)Oc1cccc(C)c1.I. The molecule has 0 fully saturated rings. The van der Waals surface area contributed by atoms with Crippen LogP contribution in [0.5, 0.6) is 5.75 Å². The number of aryl methyl sites for hydroxylation is 1. The van der Waals surface area contributed by atoms with Crippen molar-refractivity contribution in [2.45, 2.75) is 26.4 Å². The molecule has 0 radical (unpaired) electrons. The summed E-state index contributed by atoms with van der Waals surface area (Å²) in [4.78, 5) is 4.37. The van der Waals surface area contributed by atoms with Crippen LogP contribution in [0.25, 0.3) is 0 Å². The number of anilines is 1. The number of ether oxygens (including phenoxy) is 1. The molecule has 2 aromatic rings. The molecule has 0 aliphatic carbocycles. The molecule has 0 aliphatic rings. The highest BCUT2D eigenvalue weighted by Gasteiger charge is 2.08. The van der Waals surface area contributed by atoms with E-state index in [9.17, 15) is 0 Å². The smallest absolute Gasteiger partial charge is 0.193 e. The topological polar surface area (TPSA) is 59.6 Å². The molecular weight excluding hydrogens is 401 g/mol. The highest BCUT2D eigenvalue weighted by molar-refractivity contribution is 14.0. The van der Waals surface area contributed by atoms with Gasteiger partial charge in [-0.25, -0.2) is 4.99 Å². The number of halogens is 1. The standard InChI is InChI=1S/C18H23N3O.HI/c1-3-16(22-17-11-7-8-14(2)12-17)13-20-18(19)21-15-9-5-4-6-10-15;/h4-12,16H,3,13H2,1-2H3,(H3,19,20,21);1H. The number of nitrogens with two attached hydrogens (primary N) is 1. The van der Waals surface area contributed by atoms with Gasteiger partial charge < -0.3 is 15.8 Å². The van der Waals surface area contributed by atoms with Crippen LogP contribution in [-0.4, -0.2) is 18.6 Å². The van der Waals surface area contributed by atoms with Gasteiger partial charge in [-0.2, -0.15) is 0 Å². The number of nitrogens with one attached hydrogen (secondary N) is 1. The van der Waals surface area contributed by atoms with Crippen molar-refractivity contribution in [2.24, 2.45) is 10.7 Å². The molecule has 2 rings (SSSR count). The van der Waals surface area contributed by atoms with Crippen LogP contribution < -0.4 is 15.8 Å². The molecule has 0 saturated carbocycles. The number of para-hydroxylation sites is 1. The van der Waals surface area contributed by atoms with Crippen molar-refractivity contribution in [2.75, 3.05) is 11.9 Å². The lowest BCUT2D eigenvalue weighted by Gasteiger charge is -2.16. The Bertz CT molecular complexity index is 617. The molecule has 23 heavy (non-hydrogen) atoms. The van der Waals surface area contributed by atoms with Gasteiger partial charge in [0.05, 0.1) is 6.54 Å². The van der Waals surface area contributed by atoms with Gasteiger partial charge in [0.15, 0.2) is 5.96 Å². The molecule has 0 aromatic heterocycles. The van der Waals surface area contributed by atoms with Crippen LogP contribution in [0.1, 0.15) is 18.9 Å². The third kappa shape index (κ3) is 6.90. The normalized spacial score (nSPS) is 12.2. The zero-order chi connectivity index (χ0) is 15.8. The predicted octanol–water partition coefficient (Wildman–Crippen LogP) is 4.20. The fraction of sp³-hybridized carbons (Fsp3) is 0.278. The van der Waals surface area contributed by atoms with Crippen molar-refractivity contribution >= 4 is 35.6 Å². The van der Waals surface area contributed by atoms with Gasteiger partial charge in [0.25, 0.3) is 0 Å². The van der Waals surface area contributed by atoms with Crippen LogP contribution in [0.4, 0.5) is 5.69 Å². The maximum Gasteiger partial charge on any atom is 0.193 e. The number of benzene rings is 2. The fourth-order valence-corrected chi connectivity index (χ4v) is 2.04. The summed E-state index contributed by atoms with van der Waals surface area (Å²) in [5, 5.41) is 3.07. The van der Waals surface area contributed by atoms with Gasteiger partial charge >= 0.3 is 0 Å². The van der Waals surface area contributed by atoms with Gasteiger partial charge in [0.1, 0.15) is 11.9 Å². The summed E-state index contributed by atoms with van der Waals surface area (Å²) >= 11 is 0. The minimum atomic E-state index is 0. The van der Waals surface area contributed by atoms with E-state index in [0.717, 1.165) is 17.9 Å². The van der Waals surface area contributed by atoms with Gasteiger partial charge in [0, 0.05) is 5.69 Å². The Morgan fingerprint density at radius 2 is 1.91 bits per heavy atom. The molecule has 0 aliphatic heterocycles. The molecule has 2 aromatic carbocycles. The van der Waals surface area contributed by atoms with Crippen molar-refractivity contribution in [3.63, 3.8) is 0 Å². The summed E-state index contributed by atoms with van der Waals surface area (Å²) < 4.78 is 5.95. The van der Waals surface area contributed by atoms with E-state index in [1.165, 1.54) is 5.56 Å². The number of rotatable bonds is 6. The summed E-state index contributed by atoms with van der Waals surface area (Å²) in [5.41, 5.74) is 8.02. The molecule has 0 amide bonds. The molecule has 5 heteroatoms. The van der Waals surface area contributed by atoms with Crippen LogP contribution in [0.3, 0.4) is 0 Å². The molecule has 0 bridgehead atoms. The lowest BCUT2D eigenvalue weighted by molar-refractivity contribution is 0.205. The Hall–Kier alpha value is -1.76. The largest absolute Gasteiger partial charge is 0.489 e. The van der Waals surface area contributed by atoms with Gasteiger partial charge in [-0.3, -0.25) is 0 Å². The molecular formula is C18H24IN3O. The second-order valence-electron chi connectivity index (χ2n) is 5.18. The maximum absolute atomic E-state index is 5.95. The zero-order valence-electron chi connectivity index (χ0n) is 13.5. The zero-order valence-corrected chi connectivity index (χ0v) is 15.9. The van der Waals surface area contributed by atoms with Crippen LogP contribution in [0.2, 0.25) is 0 Å². The number of hydrogen-bond donors (Lipinski definition) is 2. The fourth-order valence-electron chi connectivity index (χ4n) is 2.04. The molecule has 0 heterocycles. The van der Waals surface area contributed by atoms with E-state index in [-0.39, 0.29) is 30.1 Å². The third-order valence-electron chi connectivity index (χ3n) is 3.26. The van der Waals surface area contributed by atoms with E-state index in [4.69, 9.17) is 10.5 Å². The van der Waals surface area contributed by atoms with E-state index in [1.807, 2.05) is 61.5 Å². The van der Waals surface area contributed by atoms with Gasteiger partial charge in [-0.15, -0.1) is 24.0 Å². The second-order valence-corrected chi connectivity index (χ2v) is 5.18. The van der Waals surface area contributed by atoms with Crippen molar-refractivity contribution in [1.29, 1.82) is 0 Å². The predicted molar refractivity (Wildman–Crippen MR) is 108 cm³/mol. The average Bonchev–Trinajstić information content (AvgIpc) is 2.52. The molecule has 0 spiro atoms. The number of guanidine groups is 1. The van der Waals surface area contributed by atoms with Gasteiger partial charge in [-0.1, -0.05) is 37.3 Å². The van der Waals surface area contributed by atoms with Crippen molar-refractivity contribution in [3.05, 3.63) is 60.2 Å². The summed E-state index contributed by atoms with van der Waals surface area (Å²) in [7, 11) is 0. The Balaban J connectivity index is 0.00000264. The van der Waals surface area contributed by atoms with Crippen molar-refractivity contribution < 1.29 is 4.74 Å². The number of aliphatic imine (C=N–C) groups is 1. The molecule has 124 valence electrons. The molecule has 3 N–H and O–H groups in total. The summed E-state index contributed by atoms with van der Waals surface area (Å²) in [5.74, 6) is 1.27. The summed E-state index contributed by atoms with van der Waals surface area (Å²) in [6.07, 6.45) is 0.883. The quantitative estimate of drug-likeness (QED) is 0.415.